The van der Waals surface area contributed by atoms with Crippen LogP contribution in [-0.2, 0) is 6.54 Å². The molecule has 1 aromatic heterocycles. The minimum atomic E-state index is 0.659. The quantitative estimate of drug-likeness (QED) is 0.744. The van der Waals surface area contributed by atoms with E-state index < -0.39 is 0 Å². The highest BCUT2D eigenvalue weighted by atomic mass is 15.3. The van der Waals surface area contributed by atoms with Crippen LogP contribution >= 0.6 is 0 Å². The maximum Gasteiger partial charge on any atom is 0.225 e. The molecular formula is C23H39N5. The van der Waals surface area contributed by atoms with E-state index in [0.29, 0.717) is 12.1 Å². The average molecular weight is 386 g/mol. The fraction of sp³-hybridized carbons (Fsp3) is 0.826. The molecule has 0 radical (unpaired) electrons. The number of hydrogen-bond acceptors (Lipinski definition) is 5. The van der Waals surface area contributed by atoms with Gasteiger partial charge in [0.05, 0.1) is 0 Å². The molecule has 3 fully saturated rings. The summed E-state index contributed by atoms with van der Waals surface area (Å²) in [6, 6.07) is 2.07. The highest BCUT2D eigenvalue weighted by Crippen LogP contribution is 2.42. The minimum Gasteiger partial charge on any atom is -0.335 e. The molecule has 3 saturated heterocycles. The van der Waals surface area contributed by atoms with Gasteiger partial charge in [-0.25, -0.2) is 9.97 Å². The first-order valence-corrected chi connectivity index (χ1v) is 11.6. The first kappa shape index (κ1) is 20.1. The molecule has 2 unspecified atom stereocenters. The molecule has 0 N–H and O–H groups in total. The molecule has 1 aromatic rings. The number of nitrogens with zero attached hydrogens (tertiary/aromatic N) is 5. The molecule has 2 atom stereocenters. The van der Waals surface area contributed by atoms with Gasteiger partial charge in [0.1, 0.15) is 0 Å². The molecule has 156 valence electrons. The van der Waals surface area contributed by atoms with Crippen molar-refractivity contribution < 1.29 is 0 Å². The SMILES string of the molecule is CCN(C)C1CCN(Cc2cnc(N3C4CCC3CC(C(C)C)C4)nc2)CC1. The Morgan fingerprint density at radius 1 is 1.04 bits per heavy atom. The number of piperidine rings is 2. The van der Waals surface area contributed by atoms with Crippen LogP contribution in [0.4, 0.5) is 5.95 Å². The summed E-state index contributed by atoms with van der Waals surface area (Å²) in [6.07, 6.45) is 12.0. The van der Waals surface area contributed by atoms with Gasteiger partial charge in [-0.05, 0) is 77.0 Å². The van der Waals surface area contributed by atoms with Crippen LogP contribution in [0.15, 0.2) is 12.4 Å². The Morgan fingerprint density at radius 2 is 1.64 bits per heavy atom. The van der Waals surface area contributed by atoms with Crippen molar-refractivity contribution in [3.8, 4) is 0 Å². The molecule has 0 aliphatic carbocycles. The molecule has 2 bridgehead atoms. The Hall–Kier alpha value is -1.20. The van der Waals surface area contributed by atoms with Gasteiger partial charge >= 0.3 is 0 Å². The molecule has 0 amide bonds. The van der Waals surface area contributed by atoms with E-state index in [1.165, 1.54) is 57.2 Å². The van der Waals surface area contributed by atoms with Gasteiger partial charge in [0.25, 0.3) is 0 Å². The van der Waals surface area contributed by atoms with E-state index in [1.807, 2.05) is 0 Å². The third-order valence-electron chi connectivity index (χ3n) is 7.72. The van der Waals surface area contributed by atoms with Crippen LogP contribution in [0.5, 0.6) is 0 Å². The van der Waals surface area contributed by atoms with Crippen molar-refractivity contribution in [3.63, 3.8) is 0 Å². The molecule has 28 heavy (non-hydrogen) atoms. The first-order chi connectivity index (χ1) is 13.5. The largest absolute Gasteiger partial charge is 0.335 e. The van der Waals surface area contributed by atoms with Crippen LogP contribution in [-0.4, -0.2) is 64.6 Å². The number of hydrogen-bond donors (Lipinski definition) is 0. The fourth-order valence-corrected chi connectivity index (χ4v) is 5.69. The average Bonchev–Trinajstić information content (AvgIpc) is 2.97. The second-order valence-corrected chi connectivity index (χ2v) is 9.74. The zero-order chi connectivity index (χ0) is 19.7. The lowest BCUT2D eigenvalue weighted by molar-refractivity contribution is 0.127. The summed E-state index contributed by atoms with van der Waals surface area (Å²) in [6.45, 7) is 11.5. The van der Waals surface area contributed by atoms with Crippen LogP contribution in [0, 0.1) is 11.8 Å². The predicted molar refractivity (Wildman–Crippen MR) is 115 cm³/mol. The monoisotopic (exact) mass is 385 g/mol. The zero-order valence-electron chi connectivity index (χ0n) is 18.3. The van der Waals surface area contributed by atoms with Gasteiger partial charge < -0.3 is 9.80 Å². The normalized spacial score (nSPS) is 29.2. The van der Waals surface area contributed by atoms with E-state index in [9.17, 15) is 0 Å². The van der Waals surface area contributed by atoms with Crippen LogP contribution in [0.2, 0.25) is 0 Å². The Labute approximate surface area is 171 Å². The number of rotatable bonds is 6. The van der Waals surface area contributed by atoms with E-state index in [4.69, 9.17) is 9.97 Å². The summed E-state index contributed by atoms with van der Waals surface area (Å²) in [5.74, 6) is 2.65. The van der Waals surface area contributed by atoms with Crippen molar-refractivity contribution in [1.82, 2.24) is 19.8 Å². The van der Waals surface area contributed by atoms with Crippen LogP contribution in [0.1, 0.15) is 64.9 Å². The molecular weight excluding hydrogens is 346 g/mol. The smallest absolute Gasteiger partial charge is 0.225 e. The molecule has 3 aliphatic rings. The van der Waals surface area contributed by atoms with Crippen molar-refractivity contribution in [3.05, 3.63) is 18.0 Å². The first-order valence-electron chi connectivity index (χ1n) is 11.6. The fourth-order valence-electron chi connectivity index (χ4n) is 5.69. The number of fused-ring (bicyclic) bond motifs is 2. The highest BCUT2D eigenvalue weighted by Gasteiger charge is 2.42. The number of anilines is 1. The molecule has 0 aromatic carbocycles. The Kier molecular flexibility index (Phi) is 6.21. The maximum atomic E-state index is 4.81. The van der Waals surface area contributed by atoms with Crippen molar-refractivity contribution >= 4 is 5.95 Å². The molecule has 0 saturated carbocycles. The summed E-state index contributed by atoms with van der Waals surface area (Å²) in [5.41, 5.74) is 1.26. The second-order valence-electron chi connectivity index (χ2n) is 9.74. The van der Waals surface area contributed by atoms with Crippen molar-refractivity contribution in [2.45, 2.75) is 84.0 Å². The summed E-state index contributed by atoms with van der Waals surface area (Å²) in [7, 11) is 2.25. The van der Waals surface area contributed by atoms with Crippen molar-refractivity contribution in [2.24, 2.45) is 11.8 Å². The Morgan fingerprint density at radius 3 is 2.18 bits per heavy atom. The van der Waals surface area contributed by atoms with Gasteiger partial charge in [-0.15, -0.1) is 0 Å². The maximum absolute atomic E-state index is 4.81. The van der Waals surface area contributed by atoms with E-state index in [0.717, 1.165) is 36.9 Å². The molecule has 5 nitrogen and oxygen atoms in total. The summed E-state index contributed by atoms with van der Waals surface area (Å²) >= 11 is 0. The van der Waals surface area contributed by atoms with Crippen LogP contribution in [0.25, 0.3) is 0 Å². The Bertz CT molecular complexity index is 608. The number of likely N-dealkylation sites (tertiary alicyclic amines) is 1. The van der Waals surface area contributed by atoms with E-state index in [1.54, 1.807) is 0 Å². The molecule has 4 heterocycles. The van der Waals surface area contributed by atoms with E-state index in [2.05, 4.69) is 54.9 Å². The number of aromatic nitrogens is 2. The molecule has 5 heteroatoms. The summed E-state index contributed by atoms with van der Waals surface area (Å²) < 4.78 is 0. The van der Waals surface area contributed by atoms with Gasteiger partial charge in [-0.1, -0.05) is 20.8 Å². The molecule has 4 rings (SSSR count). The third-order valence-corrected chi connectivity index (χ3v) is 7.72. The van der Waals surface area contributed by atoms with Crippen molar-refractivity contribution in [1.29, 1.82) is 0 Å². The predicted octanol–water partition coefficient (Wildman–Crippen LogP) is 3.80. The lowest BCUT2D eigenvalue weighted by Gasteiger charge is -2.40. The van der Waals surface area contributed by atoms with Gasteiger partial charge in [0, 0.05) is 42.6 Å². The third kappa shape index (κ3) is 4.20. The van der Waals surface area contributed by atoms with Gasteiger partial charge in [-0.3, -0.25) is 4.90 Å². The lowest BCUT2D eigenvalue weighted by atomic mass is 9.83. The van der Waals surface area contributed by atoms with Crippen LogP contribution in [0.3, 0.4) is 0 Å². The van der Waals surface area contributed by atoms with E-state index in [-0.39, 0.29) is 0 Å². The topological polar surface area (TPSA) is 35.5 Å². The molecule has 0 spiro atoms. The van der Waals surface area contributed by atoms with E-state index >= 15 is 0 Å². The standard InChI is InChI=1S/C23H39N5/c1-5-26(4)20-8-10-27(11-9-20)16-18-14-24-23(25-15-18)28-21-6-7-22(28)13-19(12-21)17(2)3/h14-15,17,19-22H,5-13,16H2,1-4H3. The van der Waals surface area contributed by atoms with Gasteiger partial charge in [0.15, 0.2) is 0 Å². The second kappa shape index (κ2) is 8.66. The summed E-state index contributed by atoms with van der Waals surface area (Å²) in [5, 5.41) is 0. The zero-order valence-corrected chi connectivity index (χ0v) is 18.3. The van der Waals surface area contributed by atoms with Crippen molar-refractivity contribution in [2.75, 3.05) is 31.6 Å². The highest BCUT2D eigenvalue weighted by molar-refractivity contribution is 5.37. The minimum absolute atomic E-state index is 0.659. The lowest BCUT2D eigenvalue weighted by Crippen LogP contribution is -2.45. The Balaban J connectivity index is 1.33. The molecule has 3 aliphatic heterocycles. The summed E-state index contributed by atoms with van der Waals surface area (Å²) in [4.78, 5) is 17.2. The van der Waals surface area contributed by atoms with Crippen LogP contribution < -0.4 is 4.90 Å². The van der Waals surface area contributed by atoms with Gasteiger partial charge in [0.2, 0.25) is 5.95 Å². The van der Waals surface area contributed by atoms with Gasteiger partial charge in [-0.2, -0.15) is 0 Å².